The SMILES string of the molecule is CC/C=C\C/C=C\C/C=C\C/C=C\C/C=C\C/C=C\C/C=C\C/C=C\CCCCCCCCC(=O)OC(COC(=O)CCCCCC/C=C\C/C=C\C/C=C\C/C=C\C/C=C\C/C=C\C/C=C\C/C=C\CC)COP(=O)(O)OCC[N+](C)(C)C. The summed E-state index contributed by atoms with van der Waals surface area (Å²) in [6.45, 7) is 4.12. The van der Waals surface area contributed by atoms with Crippen molar-refractivity contribution < 1.29 is 42.1 Å². The molecule has 0 aliphatic rings. The minimum absolute atomic E-state index is 0.0117. The Labute approximate surface area is 513 Å². The van der Waals surface area contributed by atoms with E-state index in [9.17, 15) is 19.0 Å². The fourth-order valence-corrected chi connectivity index (χ4v) is 8.49. The molecular formula is C74H117NO8P+. The van der Waals surface area contributed by atoms with Gasteiger partial charge in [0.2, 0.25) is 0 Å². The van der Waals surface area contributed by atoms with Gasteiger partial charge >= 0.3 is 19.8 Å². The molecule has 0 aromatic heterocycles. The Kier molecular flexibility index (Phi) is 58.6. The molecule has 0 aliphatic heterocycles. The molecule has 84 heavy (non-hydrogen) atoms. The number of unbranched alkanes of at least 4 members (excludes halogenated alkanes) is 10. The normalized spacial score (nSPS) is 14.5. The molecule has 0 rings (SSSR count). The molecule has 0 aliphatic carbocycles. The second-order valence-corrected chi connectivity index (χ2v) is 23.1. The van der Waals surface area contributed by atoms with Crippen LogP contribution in [0.4, 0.5) is 0 Å². The summed E-state index contributed by atoms with van der Waals surface area (Å²) in [6.07, 6.45) is 97.9. The number of ether oxygens (including phenoxy) is 2. The monoisotopic (exact) mass is 1180 g/mol. The van der Waals surface area contributed by atoms with E-state index in [0.717, 1.165) is 167 Å². The predicted molar refractivity (Wildman–Crippen MR) is 362 cm³/mol. The van der Waals surface area contributed by atoms with Crippen LogP contribution in [0.15, 0.2) is 194 Å². The van der Waals surface area contributed by atoms with Gasteiger partial charge in [0.25, 0.3) is 0 Å². The number of rotatable bonds is 56. The molecule has 10 heteroatoms. The van der Waals surface area contributed by atoms with E-state index in [1.807, 2.05) is 21.1 Å². The molecule has 0 aromatic carbocycles. The van der Waals surface area contributed by atoms with Crippen LogP contribution in [0.3, 0.4) is 0 Å². The van der Waals surface area contributed by atoms with Gasteiger partial charge in [-0.3, -0.25) is 18.6 Å². The maximum absolute atomic E-state index is 12.9. The highest BCUT2D eigenvalue weighted by Crippen LogP contribution is 2.43. The molecule has 0 bridgehead atoms. The molecule has 0 heterocycles. The van der Waals surface area contributed by atoms with E-state index < -0.39 is 32.5 Å². The molecule has 470 valence electrons. The average Bonchev–Trinajstić information content (AvgIpc) is 3.61. The van der Waals surface area contributed by atoms with Gasteiger partial charge in [-0.25, -0.2) is 4.57 Å². The summed E-state index contributed by atoms with van der Waals surface area (Å²) in [5, 5.41) is 0. The first-order chi connectivity index (χ1) is 41.0. The van der Waals surface area contributed by atoms with E-state index in [0.29, 0.717) is 23.9 Å². The first-order valence-electron chi connectivity index (χ1n) is 32.2. The highest BCUT2D eigenvalue weighted by atomic mass is 31.2. The maximum atomic E-state index is 12.9. The van der Waals surface area contributed by atoms with Crippen molar-refractivity contribution >= 4 is 19.8 Å². The summed E-state index contributed by atoms with van der Waals surface area (Å²) in [7, 11) is 1.42. The minimum atomic E-state index is -4.42. The van der Waals surface area contributed by atoms with Crippen LogP contribution >= 0.6 is 7.82 Å². The highest BCUT2D eigenvalue weighted by Gasteiger charge is 2.27. The van der Waals surface area contributed by atoms with E-state index in [1.54, 1.807) is 0 Å². The molecule has 2 unspecified atom stereocenters. The Balaban J connectivity index is 4.29. The quantitative estimate of drug-likeness (QED) is 0.0211. The van der Waals surface area contributed by atoms with Crippen molar-refractivity contribution in [3.8, 4) is 0 Å². The molecule has 0 saturated heterocycles. The van der Waals surface area contributed by atoms with E-state index in [1.165, 1.54) is 0 Å². The number of carbonyl (C=O) groups is 2. The largest absolute Gasteiger partial charge is 0.472 e. The van der Waals surface area contributed by atoms with Crippen LogP contribution < -0.4 is 0 Å². The number of allylic oxidation sites excluding steroid dienone is 32. The third-order valence-electron chi connectivity index (χ3n) is 12.6. The van der Waals surface area contributed by atoms with Crippen LogP contribution in [-0.2, 0) is 32.7 Å². The Morgan fingerprint density at radius 2 is 0.643 bits per heavy atom. The van der Waals surface area contributed by atoms with Gasteiger partial charge in [0.15, 0.2) is 6.10 Å². The van der Waals surface area contributed by atoms with Crippen molar-refractivity contribution in [1.29, 1.82) is 0 Å². The van der Waals surface area contributed by atoms with Crippen LogP contribution in [0.2, 0.25) is 0 Å². The molecule has 0 amide bonds. The Morgan fingerprint density at radius 1 is 0.369 bits per heavy atom. The summed E-state index contributed by atoms with van der Waals surface area (Å²) in [5.74, 6) is -0.862. The molecule has 0 spiro atoms. The minimum Gasteiger partial charge on any atom is -0.462 e. The molecule has 9 nitrogen and oxygen atoms in total. The molecule has 0 radical (unpaired) electrons. The first-order valence-corrected chi connectivity index (χ1v) is 33.7. The van der Waals surface area contributed by atoms with E-state index in [-0.39, 0.29) is 26.1 Å². The van der Waals surface area contributed by atoms with Crippen LogP contribution in [0, 0.1) is 0 Å². The number of quaternary nitrogens is 1. The maximum Gasteiger partial charge on any atom is 0.472 e. The fraction of sp³-hybridized carbons (Fsp3) is 0.541. The Morgan fingerprint density at radius 3 is 0.952 bits per heavy atom. The number of phosphoric acid groups is 1. The number of esters is 2. The lowest BCUT2D eigenvalue weighted by Gasteiger charge is -2.24. The van der Waals surface area contributed by atoms with Gasteiger partial charge in [0.05, 0.1) is 27.7 Å². The van der Waals surface area contributed by atoms with Crippen molar-refractivity contribution in [3.63, 3.8) is 0 Å². The van der Waals surface area contributed by atoms with E-state index >= 15 is 0 Å². The van der Waals surface area contributed by atoms with Crippen molar-refractivity contribution in [3.05, 3.63) is 194 Å². The molecular weight excluding hydrogens is 1060 g/mol. The van der Waals surface area contributed by atoms with Crippen molar-refractivity contribution in [2.75, 3.05) is 47.5 Å². The van der Waals surface area contributed by atoms with E-state index in [2.05, 4.69) is 208 Å². The standard InChI is InChI=1S/C74H116NO8P/c1-6-8-10-12-14-16-18-20-22-24-26-28-30-32-34-36-37-39-41-43-45-47-49-51-53-55-57-59-61-63-65-67-74(77)83-72(71-82-84(78,79)81-69-68-75(3,4)5)70-80-73(76)66-64-62-60-58-56-54-52-50-48-46-44-42-40-38-35-33-31-29-27-25-23-21-19-17-15-13-11-9-7-2/h8-11,14-17,20-23,26-29,32-35,37,39-40,42-43,45-46,48-49,51-52,54,72H,6-7,12-13,18-19,24-25,30-31,36,38,41,44,47,50,53,55-71H2,1-5H3/p+1/b10-8-,11-9-,16-14-,17-15-,22-20-,23-21-,28-26-,29-27-,34-32-,35-33-,39-37-,42-40-,45-43-,48-46-,51-49-,54-52-. The van der Waals surface area contributed by atoms with E-state index in [4.69, 9.17) is 18.5 Å². The van der Waals surface area contributed by atoms with Crippen LogP contribution in [0.25, 0.3) is 0 Å². The second kappa shape index (κ2) is 62.4. The molecule has 0 fully saturated rings. The zero-order chi connectivity index (χ0) is 61.2. The van der Waals surface area contributed by atoms with Gasteiger partial charge in [-0.1, -0.05) is 247 Å². The summed E-state index contributed by atoms with van der Waals surface area (Å²) < 4.78 is 34.6. The number of likely N-dealkylation sites (N-methyl/N-ethyl adjacent to an activating group) is 1. The number of carbonyl (C=O) groups excluding carboxylic acids is 2. The summed E-state index contributed by atoms with van der Waals surface area (Å²) in [6, 6.07) is 0. The number of nitrogens with zero attached hydrogens (tertiary/aromatic N) is 1. The number of hydrogen-bond acceptors (Lipinski definition) is 7. The Bertz CT molecular complexity index is 2120. The second-order valence-electron chi connectivity index (χ2n) is 21.7. The molecule has 0 aromatic rings. The fourth-order valence-electron chi connectivity index (χ4n) is 7.75. The third-order valence-corrected chi connectivity index (χ3v) is 13.6. The zero-order valence-electron chi connectivity index (χ0n) is 53.3. The Hall–Kier alpha value is -5.15. The van der Waals surface area contributed by atoms with Crippen LogP contribution in [0.5, 0.6) is 0 Å². The third kappa shape index (κ3) is 66.0. The zero-order valence-corrected chi connectivity index (χ0v) is 54.2. The number of hydrogen-bond donors (Lipinski definition) is 1. The van der Waals surface area contributed by atoms with Crippen LogP contribution in [0.1, 0.15) is 206 Å². The van der Waals surface area contributed by atoms with Gasteiger partial charge in [0.1, 0.15) is 19.8 Å². The summed E-state index contributed by atoms with van der Waals surface area (Å²) in [4.78, 5) is 35.8. The van der Waals surface area contributed by atoms with Crippen LogP contribution in [-0.4, -0.2) is 74.9 Å². The van der Waals surface area contributed by atoms with Gasteiger partial charge in [-0.05, 0) is 141 Å². The lowest BCUT2D eigenvalue weighted by molar-refractivity contribution is -0.870. The van der Waals surface area contributed by atoms with Crippen molar-refractivity contribution in [2.45, 2.75) is 213 Å². The average molecular weight is 1180 g/mol. The predicted octanol–water partition coefficient (Wildman–Crippen LogP) is 20.9. The molecule has 0 saturated carbocycles. The summed E-state index contributed by atoms with van der Waals surface area (Å²) in [5.41, 5.74) is 0. The lowest BCUT2D eigenvalue weighted by atomic mass is 10.1. The topological polar surface area (TPSA) is 108 Å². The van der Waals surface area contributed by atoms with Crippen molar-refractivity contribution in [2.24, 2.45) is 0 Å². The highest BCUT2D eigenvalue weighted by molar-refractivity contribution is 7.47. The lowest BCUT2D eigenvalue weighted by Crippen LogP contribution is -2.37. The van der Waals surface area contributed by atoms with Gasteiger partial charge in [0, 0.05) is 12.8 Å². The summed E-state index contributed by atoms with van der Waals surface area (Å²) >= 11 is 0. The van der Waals surface area contributed by atoms with Gasteiger partial charge in [-0.15, -0.1) is 0 Å². The van der Waals surface area contributed by atoms with Crippen molar-refractivity contribution in [1.82, 2.24) is 0 Å². The smallest absolute Gasteiger partial charge is 0.462 e. The first kappa shape index (κ1) is 78.8. The molecule has 2 atom stereocenters. The molecule has 1 N–H and O–H groups in total. The number of phosphoric ester groups is 1. The van der Waals surface area contributed by atoms with Gasteiger partial charge in [-0.2, -0.15) is 0 Å². The van der Waals surface area contributed by atoms with Gasteiger partial charge < -0.3 is 18.9 Å².